The van der Waals surface area contributed by atoms with Crippen LogP contribution in [-0.2, 0) is 9.57 Å². The van der Waals surface area contributed by atoms with E-state index in [0.717, 1.165) is 41.9 Å². The lowest BCUT2D eigenvalue weighted by Gasteiger charge is -2.22. The number of nitrogens with zero attached hydrogens (tertiary/aromatic N) is 1. The number of para-hydroxylation sites is 1. The van der Waals surface area contributed by atoms with Crippen LogP contribution in [0.25, 0.3) is 5.69 Å². The molecule has 0 spiro atoms. The molecule has 128 valence electrons. The highest BCUT2D eigenvalue weighted by molar-refractivity contribution is 5.95. The Hall–Kier alpha value is -2.11. The highest BCUT2D eigenvalue weighted by atomic mass is 16.8. The zero-order valence-corrected chi connectivity index (χ0v) is 14.5. The molecule has 1 N–H and O–H groups in total. The number of hydroxylamine groups is 1. The molecular formula is C19H24N2O3. The number of rotatable bonds is 4. The molecule has 5 nitrogen and oxygen atoms in total. The van der Waals surface area contributed by atoms with Crippen molar-refractivity contribution in [2.24, 2.45) is 0 Å². The Labute approximate surface area is 142 Å². The van der Waals surface area contributed by atoms with Gasteiger partial charge in [-0.05, 0) is 51.3 Å². The summed E-state index contributed by atoms with van der Waals surface area (Å²) in [7, 11) is 0. The minimum Gasteiger partial charge on any atom is -0.350 e. The van der Waals surface area contributed by atoms with Gasteiger partial charge >= 0.3 is 0 Å². The minimum absolute atomic E-state index is 0.239. The fraction of sp³-hybridized carbons (Fsp3) is 0.421. The number of hydrogen-bond donors (Lipinski definition) is 1. The molecule has 1 aromatic heterocycles. The fourth-order valence-electron chi connectivity index (χ4n) is 3.16. The average Bonchev–Trinajstić information content (AvgIpc) is 2.89. The number of ether oxygens (including phenoxy) is 1. The first-order chi connectivity index (χ1) is 11.6. The summed E-state index contributed by atoms with van der Waals surface area (Å²) in [6.07, 6.45) is 2.57. The van der Waals surface area contributed by atoms with Gasteiger partial charge in [-0.3, -0.25) is 4.79 Å². The molecule has 0 radical (unpaired) electrons. The summed E-state index contributed by atoms with van der Waals surface area (Å²) in [6, 6.07) is 10.0. The van der Waals surface area contributed by atoms with Crippen molar-refractivity contribution in [3.8, 4) is 5.69 Å². The monoisotopic (exact) mass is 328 g/mol. The molecule has 1 aromatic carbocycles. The molecule has 1 aliphatic rings. The normalized spacial score (nSPS) is 17.7. The second-order valence-electron chi connectivity index (χ2n) is 6.25. The zero-order valence-electron chi connectivity index (χ0n) is 14.5. The zero-order chi connectivity index (χ0) is 17.1. The van der Waals surface area contributed by atoms with E-state index in [4.69, 9.17) is 9.57 Å². The molecular weight excluding hydrogens is 304 g/mol. The number of carbonyl (C=O) groups excluding carboxylic acids is 1. The van der Waals surface area contributed by atoms with Crippen LogP contribution in [0, 0.1) is 20.8 Å². The van der Waals surface area contributed by atoms with Crippen molar-refractivity contribution in [3.05, 3.63) is 52.8 Å². The SMILES string of the molecule is Cc1ccccc1-n1c(C)cc(C(=O)NOC2CCCCO2)c1C. The Morgan fingerprint density at radius 1 is 1.25 bits per heavy atom. The molecule has 0 bridgehead atoms. The summed E-state index contributed by atoms with van der Waals surface area (Å²) >= 11 is 0. The van der Waals surface area contributed by atoms with Gasteiger partial charge in [-0.2, -0.15) is 0 Å². The van der Waals surface area contributed by atoms with E-state index in [2.05, 4.69) is 29.1 Å². The molecule has 1 unspecified atom stereocenters. The van der Waals surface area contributed by atoms with Crippen molar-refractivity contribution in [1.82, 2.24) is 10.0 Å². The number of hydrogen-bond acceptors (Lipinski definition) is 3. The third kappa shape index (κ3) is 3.37. The summed E-state index contributed by atoms with van der Waals surface area (Å²) in [5.74, 6) is -0.239. The molecule has 1 atom stereocenters. The van der Waals surface area contributed by atoms with Gasteiger partial charge in [-0.25, -0.2) is 10.3 Å². The van der Waals surface area contributed by atoms with Crippen LogP contribution in [0.2, 0.25) is 0 Å². The molecule has 0 aliphatic carbocycles. The first-order valence-corrected chi connectivity index (χ1v) is 8.40. The molecule has 1 fully saturated rings. The van der Waals surface area contributed by atoms with Gasteiger partial charge in [0.1, 0.15) is 0 Å². The molecule has 24 heavy (non-hydrogen) atoms. The number of aromatic nitrogens is 1. The Morgan fingerprint density at radius 2 is 2.04 bits per heavy atom. The molecule has 2 aromatic rings. The third-order valence-corrected chi connectivity index (χ3v) is 4.45. The van der Waals surface area contributed by atoms with Crippen molar-refractivity contribution in [2.45, 2.75) is 46.3 Å². The Bertz CT molecular complexity index is 730. The van der Waals surface area contributed by atoms with Crippen molar-refractivity contribution >= 4 is 5.91 Å². The molecule has 1 aliphatic heterocycles. The lowest BCUT2D eigenvalue weighted by Crippen LogP contribution is -2.33. The topological polar surface area (TPSA) is 52.5 Å². The van der Waals surface area contributed by atoms with E-state index in [-0.39, 0.29) is 12.2 Å². The van der Waals surface area contributed by atoms with Gasteiger partial charge in [0.25, 0.3) is 5.91 Å². The van der Waals surface area contributed by atoms with E-state index in [9.17, 15) is 4.79 Å². The number of amides is 1. The van der Waals surface area contributed by atoms with Gasteiger partial charge in [0.05, 0.1) is 5.56 Å². The van der Waals surface area contributed by atoms with Gasteiger partial charge < -0.3 is 9.30 Å². The highest BCUT2D eigenvalue weighted by Crippen LogP contribution is 2.23. The van der Waals surface area contributed by atoms with E-state index < -0.39 is 0 Å². The fourth-order valence-corrected chi connectivity index (χ4v) is 3.16. The summed E-state index contributed by atoms with van der Waals surface area (Å²) in [4.78, 5) is 17.9. The van der Waals surface area contributed by atoms with Gasteiger partial charge in [-0.15, -0.1) is 0 Å². The largest absolute Gasteiger partial charge is 0.350 e. The summed E-state index contributed by atoms with van der Waals surface area (Å²) in [5.41, 5.74) is 7.32. The lowest BCUT2D eigenvalue weighted by atomic mass is 10.2. The van der Waals surface area contributed by atoms with Crippen LogP contribution in [0.15, 0.2) is 30.3 Å². The van der Waals surface area contributed by atoms with Crippen molar-refractivity contribution < 1.29 is 14.4 Å². The Kier molecular flexibility index (Phi) is 5.02. The third-order valence-electron chi connectivity index (χ3n) is 4.45. The maximum absolute atomic E-state index is 12.5. The maximum atomic E-state index is 12.5. The summed E-state index contributed by atoms with van der Waals surface area (Å²) in [6.45, 7) is 6.70. The van der Waals surface area contributed by atoms with Crippen molar-refractivity contribution in [3.63, 3.8) is 0 Å². The smallest absolute Gasteiger partial charge is 0.276 e. The van der Waals surface area contributed by atoms with E-state index in [0.29, 0.717) is 12.2 Å². The first-order valence-electron chi connectivity index (χ1n) is 8.40. The molecule has 1 amide bonds. The van der Waals surface area contributed by atoms with Crippen LogP contribution in [0.3, 0.4) is 0 Å². The molecule has 2 heterocycles. The molecule has 0 saturated carbocycles. The number of nitrogens with one attached hydrogen (secondary N) is 1. The summed E-state index contributed by atoms with van der Waals surface area (Å²) < 4.78 is 7.56. The van der Waals surface area contributed by atoms with E-state index in [1.54, 1.807) is 0 Å². The predicted molar refractivity (Wildman–Crippen MR) is 92.1 cm³/mol. The van der Waals surface area contributed by atoms with Crippen LogP contribution < -0.4 is 5.48 Å². The lowest BCUT2D eigenvalue weighted by molar-refractivity contribution is -0.186. The van der Waals surface area contributed by atoms with E-state index in [1.165, 1.54) is 0 Å². The van der Waals surface area contributed by atoms with Crippen LogP contribution in [0.1, 0.15) is 46.6 Å². The Balaban J connectivity index is 1.78. The average molecular weight is 328 g/mol. The van der Waals surface area contributed by atoms with Gasteiger partial charge in [0.15, 0.2) is 6.29 Å². The van der Waals surface area contributed by atoms with Gasteiger partial charge in [-0.1, -0.05) is 18.2 Å². The predicted octanol–water partition coefficient (Wildman–Crippen LogP) is 3.59. The van der Waals surface area contributed by atoms with E-state index >= 15 is 0 Å². The second kappa shape index (κ2) is 7.20. The maximum Gasteiger partial charge on any atom is 0.276 e. The standard InChI is InChI=1S/C19H24N2O3/c1-13-8-4-5-9-17(13)21-14(2)12-16(15(21)3)19(22)20-24-18-10-6-7-11-23-18/h4-5,8-9,12,18H,6-7,10-11H2,1-3H3,(H,20,22). The minimum atomic E-state index is -0.345. The van der Waals surface area contributed by atoms with Crippen LogP contribution in [0.5, 0.6) is 0 Å². The quantitative estimate of drug-likeness (QED) is 0.873. The molecule has 5 heteroatoms. The van der Waals surface area contributed by atoms with Crippen molar-refractivity contribution in [2.75, 3.05) is 6.61 Å². The molecule has 3 rings (SSSR count). The van der Waals surface area contributed by atoms with Gasteiger partial charge in [0, 0.05) is 30.1 Å². The Morgan fingerprint density at radius 3 is 2.75 bits per heavy atom. The second-order valence-corrected chi connectivity index (χ2v) is 6.25. The summed E-state index contributed by atoms with van der Waals surface area (Å²) in [5, 5.41) is 0. The van der Waals surface area contributed by atoms with E-state index in [1.807, 2.05) is 32.0 Å². The van der Waals surface area contributed by atoms with Crippen LogP contribution in [0.4, 0.5) is 0 Å². The van der Waals surface area contributed by atoms with Crippen molar-refractivity contribution in [1.29, 1.82) is 0 Å². The highest BCUT2D eigenvalue weighted by Gasteiger charge is 2.20. The number of aryl methyl sites for hydroxylation is 2. The van der Waals surface area contributed by atoms with Crippen LogP contribution >= 0.6 is 0 Å². The first kappa shape index (κ1) is 16.7. The number of benzene rings is 1. The van der Waals surface area contributed by atoms with Gasteiger partial charge in [0.2, 0.25) is 0 Å². The molecule has 1 saturated heterocycles. The number of carbonyl (C=O) groups is 1. The van der Waals surface area contributed by atoms with Crippen LogP contribution in [-0.4, -0.2) is 23.4 Å².